The summed E-state index contributed by atoms with van der Waals surface area (Å²) in [7, 11) is -3.47. The monoisotopic (exact) mass is 411 g/mol. The SMILES string of the molecule is Cc1nc(CCN(C2CN(C(=O)Nc3cccc(F)c3C)C2)S(C)(=O)=O)no1. The number of amides is 2. The number of urea groups is 1. The minimum atomic E-state index is -3.47. The molecule has 1 aromatic carbocycles. The first-order valence-corrected chi connectivity index (χ1v) is 10.6. The Morgan fingerprint density at radius 3 is 2.71 bits per heavy atom. The third kappa shape index (κ3) is 4.47. The first-order valence-electron chi connectivity index (χ1n) is 8.72. The number of likely N-dealkylation sites (tertiary alicyclic amines) is 1. The van der Waals surface area contributed by atoms with Gasteiger partial charge in [0.15, 0.2) is 5.82 Å². The van der Waals surface area contributed by atoms with Crippen LogP contribution in [0.25, 0.3) is 0 Å². The fraction of sp³-hybridized carbons (Fsp3) is 0.471. The molecule has 1 aromatic heterocycles. The lowest BCUT2D eigenvalue weighted by Crippen LogP contribution is -2.63. The van der Waals surface area contributed by atoms with E-state index < -0.39 is 21.9 Å². The van der Waals surface area contributed by atoms with E-state index in [4.69, 9.17) is 4.52 Å². The van der Waals surface area contributed by atoms with Crippen LogP contribution < -0.4 is 5.32 Å². The summed E-state index contributed by atoms with van der Waals surface area (Å²) in [4.78, 5) is 17.9. The number of hydrogen-bond acceptors (Lipinski definition) is 6. The molecule has 9 nitrogen and oxygen atoms in total. The van der Waals surface area contributed by atoms with Crippen LogP contribution in [-0.2, 0) is 16.4 Å². The van der Waals surface area contributed by atoms with Crippen LogP contribution in [0.5, 0.6) is 0 Å². The molecule has 1 fully saturated rings. The van der Waals surface area contributed by atoms with Crippen molar-refractivity contribution in [2.45, 2.75) is 26.3 Å². The van der Waals surface area contributed by atoms with Gasteiger partial charge in [0.25, 0.3) is 0 Å². The molecule has 0 saturated carbocycles. The minimum absolute atomic E-state index is 0.195. The Kier molecular flexibility index (Phi) is 5.66. The van der Waals surface area contributed by atoms with Crippen LogP contribution in [0.4, 0.5) is 14.9 Å². The normalized spacial score (nSPS) is 15.0. The number of benzene rings is 1. The lowest BCUT2D eigenvalue weighted by Gasteiger charge is -2.44. The maximum Gasteiger partial charge on any atom is 0.321 e. The van der Waals surface area contributed by atoms with Gasteiger partial charge in [-0.1, -0.05) is 11.2 Å². The Morgan fingerprint density at radius 2 is 2.11 bits per heavy atom. The number of aryl methyl sites for hydroxylation is 1. The van der Waals surface area contributed by atoms with E-state index in [1.807, 2.05) is 0 Å². The first-order chi connectivity index (χ1) is 13.1. The molecule has 0 radical (unpaired) electrons. The molecule has 2 amide bonds. The van der Waals surface area contributed by atoms with E-state index in [2.05, 4.69) is 15.5 Å². The van der Waals surface area contributed by atoms with Crippen molar-refractivity contribution in [1.29, 1.82) is 0 Å². The molecule has 0 aliphatic carbocycles. The summed E-state index contributed by atoms with van der Waals surface area (Å²) in [5.41, 5.74) is 0.738. The van der Waals surface area contributed by atoms with E-state index in [0.717, 1.165) is 6.26 Å². The van der Waals surface area contributed by atoms with Gasteiger partial charge in [-0.15, -0.1) is 0 Å². The van der Waals surface area contributed by atoms with Gasteiger partial charge in [-0.2, -0.15) is 9.29 Å². The molecule has 1 aliphatic heterocycles. The molecule has 0 unspecified atom stereocenters. The van der Waals surface area contributed by atoms with Gasteiger partial charge in [-0.3, -0.25) is 0 Å². The maximum atomic E-state index is 13.6. The number of nitrogens with zero attached hydrogens (tertiary/aromatic N) is 4. The van der Waals surface area contributed by atoms with E-state index >= 15 is 0 Å². The maximum absolute atomic E-state index is 13.6. The topological polar surface area (TPSA) is 109 Å². The second-order valence-corrected chi connectivity index (χ2v) is 8.69. The van der Waals surface area contributed by atoms with Crippen LogP contribution in [0, 0.1) is 19.7 Å². The zero-order valence-electron chi connectivity index (χ0n) is 15.8. The molecule has 1 saturated heterocycles. The predicted molar refractivity (Wildman–Crippen MR) is 99.8 cm³/mol. The molecule has 1 N–H and O–H groups in total. The first kappa shape index (κ1) is 20.2. The number of carbonyl (C=O) groups is 1. The third-order valence-corrected chi connectivity index (χ3v) is 5.95. The Bertz CT molecular complexity index is 972. The minimum Gasteiger partial charge on any atom is -0.340 e. The standard InChI is InChI=1S/C17H22FN5O4S/c1-11-14(18)5-4-6-15(11)20-17(24)22-9-13(10-22)23(28(3,25)26)8-7-16-19-12(2)27-21-16/h4-6,13H,7-10H2,1-3H3,(H,20,24). The van der Waals surface area contributed by atoms with Gasteiger partial charge in [0.05, 0.1) is 12.3 Å². The molecule has 28 heavy (non-hydrogen) atoms. The van der Waals surface area contributed by atoms with Crippen molar-refractivity contribution in [2.75, 3.05) is 31.2 Å². The van der Waals surface area contributed by atoms with Gasteiger partial charge in [-0.05, 0) is 19.1 Å². The molecule has 2 heterocycles. The number of halogens is 1. The fourth-order valence-corrected chi connectivity index (χ4v) is 4.11. The summed E-state index contributed by atoms with van der Waals surface area (Å²) in [6, 6.07) is 3.72. The van der Waals surface area contributed by atoms with E-state index in [1.165, 1.54) is 21.3 Å². The van der Waals surface area contributed by atoms with Crippen LogP contribution >= 0.6 is 0 Å². The van der Waals surface area contributed by atoms with Crippen molar-refractivity contribution < 1.29 is 22.1 Å². The lowest BCUT2D eigenvalue weighted by molar-refractivity contribution is 0.109. The zero-order chi connectivity index (χ0) is 20.5. The van der Waals surface area contributed by atoms with E-state index in [1.54, 1.807) is 19.9 Å². The van der Waals surface area contributed by atoms with E-state index in [0.29, 0.717) is 29.4 Å². The van der Waals surface area contributed by atoms with Crippen molar-refractivity contribution >= 4 is 21.7 Å². The molecule has 0 bridgehead atoms. The Hall–Kier alpha value is -2.53. The quantitative estimate of drug-likeness (QED) is 0.773. The zero-order valence-corrected chi connectivity index (χ0v) is 16.7. The molecule has 1 aliphatic rings. The van der Waals surface area contributed by atoms with Gasteiger partial charge in [-0.25, -0.2) is 17.6 Å². The Balaban J connectivity index is 1.58. The van der Waals surface area contributed by atoms with Crippen molar-refractivity contribution in [3.8, 4) is 0 Å². The molecule has 3 rings (SSSR count). The van der Waals surface area contributed by atoms with Crippen molar-refractivity contribution in [1.82, 2.24) is 19.3 Å². The molecular formula is C17H22FN5O4S. The Morgan fingerprint density at radius 1 is 1.39 bits per heavy atom. The number of aromatic nitrogens is 2. The van der Waals surface area contributed by atoms with E-state index in [9.17, 15) is 17.6 Å². The van der Waals surface area contributed by atoms with Gasteiger partial charge in [0.1, 0.15) is 5.82 Å². The number of sulfonamides is 1. The highest BCUT2D eigenvalue weighted by atomic mass is 32.2. The summed E-state index contributed by atoms with van der Waals surface area (Å²) in [6.45, 7) is 3.93. The number of anilines is 1. The van der Waals surface area contributed by atoms with Crippen LogP contribution in [0.3, 0.4) is 0 Å². The predicted octanol–water partition coefficient (Wildman–Crippen LogP) is 1.55. The average Bonchev–Trinajstić information content (AvgIpc) is 2.97. The van der Waals surface area contributed by atoms with Crippen molar-refractivity contribution in [3.63, 3.8) is 0 Å². The molecule has 0 spiro atoms. The molecular weight excluding hydrogens is 389 g/mol. The second kappa shape index (κ2) is 7.84. The molecule has 2 aromatic rings. The van der Waals surface area contributed by atoms with E-state index in [-0.39, 0.29) is 25.7 Å². The summed E-state index contributed by atoms with van der Waals surface area (Å²) in [6.07, 6.45) is 1.45. The number of nitrogens with one attached hydrogen (secondary N) is 1. The second-order valence-electron chi connectivity index (χ2n) is 6.75. The van der Waals surface area contributed by atoms with Crippen LogP contribution in [0.2, 0.25) is 0 Å². The fourth-order valence-electron chi connectivity index (χ4n) is 3.01. The molecule has 152 valence electrons. The van der Waals surface area contributed by atoms with Crippen molar-refractivity contribution in [3.05, 3.63) is 41.3 Å². The van der Waals surface area contributed by atoms with Crippen LogP contribution in [0.15, 0.2) is 22.7 Å². The molecule has 0 atom stereocenters. The van der Waals surface area contributed by atoms with Gasteiger partial charge >= 0.3 is 6.03 Å². The third-order valence-electron chi connectivity index (χ3n) is 4.62. The summed E-state index contributed by atoms with van der Waals surface area (Å²) in [5, 5.41) is 6.42. The number of rotatable bonds is 6. The van der Waals surface area contributed by atoms with Gasteiger partial charge in [0.2, 0.25) is 15.9 Å². The Labute approximate surface area is 162 Å². The molecule has 11 heteroatoms. The number of hydrogen-bond donors (Lipinski definition) is 1. The summed E-state index contributed by atoms with van der Waals surface area (Å²) in [5.74, 6) is 0.445. The largest absolute Gasteiger partial charge is 0.340 e. The lowest BCUT2D eigenvalue weighted by atomic mass is 10.1. The van der Waals surface area contributed by atoms with Crippen LogP contribution in [-0.4, -0.2) is 65.7 Å². The van der Waals surface area contributed by atoms with Crippen LogP contribution in [0.1, 0.15) is 17.3 Å². The van der Waals surface area contributed by atoms with Gasteiger partial charge < -0.3 is 14.7 Å². The smallest absolute Gasteiger partial charge is 0.321 e. The van der Waals surface area contributed by atoms with Gasteiger partial charge in [0, 0.05) is 44.2 Å². The average molecular weight is 411 g/mol. The summed E-state index contributed by atoms with van der Waals surface area (Å²) >= 11 is 0. The summed E-state index contributed by atoms with van der Waals surface area (Å²) < 4.78 is 44.1. The highest BCUT2D eigenvalue weighted by Gasteiger charge is 2.38. The van der Waals surface area contributed by atoms with Crippen molar-refractivity contribution in [2.24, 2.45) is 0 Å². The number of carbonyl (C=O) groups excluding carboxylic acids is 1. The highest BCUT2D eigenvalue weighted by molar-refractivity contribution is 7.88. The highest BCUT2D eigenvalue weighted by Crippen LogP contribution is 2.22.